The van der Waals surface area contributed by atoms with E-state index in [2.05, 4.69) is 25.9 Å². The summed E-state index contributed by atoms with van der Waals surface area (Å²) in [6, 6.07) is 12.9. The molecule has 1 amide bonds. The molecule has 0 saturated heterocycles. The van der Waals surface area contributed by atoms with E-state index in [9.17, 15) is 4.79 Å². The van der Waals surface area contributed by atoms with E-state index in [1.165, 1.54) is 20.5 Å². The van der Waals surface area contributed by atoms with Gasteiger partial charge in [0.1, 0.15) is 6.33 Å². The number of carbonyl (C=O) groups is 1. The van der Waals surface area contributed by atoms with Crippen LogP contribution in [0.4, 0.5) is 5.82 Å². The SMILES string of the molecule is COc1ccc(C(=O)NNc2ncnc3c2cnn3-c2cccc(C)c2)cc1OC. The van der Waals surface area contributed by atoms with Crippen molar-refractivity contribution in [1.29, 1.82) is 0 Å². The minimum Gasteiger partial charge on any atom is -0.493 e. The van der Waals surface area contributed by atoms with Gasteiger partial charge in [-0.1, -0.05) is 12.1 Å². The average molecular weight is 404 g/mol. The molecule has 0 aliphatic heterocycles. The van der Waals surface area contributed by atoms with Crippen LogP contribution in [0.5, 0.6) is 11.5 Å². The Balaban J connectivity index is 1.57. The first-order valence-electron chi connectivity index (χ1n) is 9.15. The molecule has 4 rings (SSSR count). The molecular weight excluding hydrogens is 384 g/mol. The van der Waals surface area contributed by atoms with Crippen molar-refractivity contribution in [3.8, 4) is 17.2 Å². The number of anilines is 1. The number of hydrogen-bond donors (Lipinski definition) is 2. The van der Waals surface area contributed by atoms with Crippen LogP contribution in [0, 0.1) is 6.92 Å². The van der Waals surface area contributed by atoms with Crippen LogP contribution in [0.2, 0.25) is 0 Å². The second-order valence-corrected chi connectivity index (χ2v) is 6.50. The van der Waals surface area contributed by atoms with Crippen molar-refractivity contribution in [2.45, 2.75) is 6.92 Å². The number of benzene rings is 2. The lowest BCUT2D eigenvalue weighted by molar-refractivity contribution is 0.0962. The fourth-order valence-electron chi connectivity index (χ4n) is 3.06. The van der Waals surface area contributed by atoms with Gasteiger partial charge in [-0.05, 0) is 42.8 Å². The maximum atomic E-state index is 12.6. The first-order valence-corrected chi connectivity index (χ1v) is 9.15. The smallest absolute Gasteiger partial charge is 0.269 e. The van der Waals surface area contributed by atoms with Gasteiger partial charge in [-0.25, -0.2) is 14.6 Å². The number of amides is 1. The summed E-state index contributed by atoms with van der Waals surface area (Å²) in [5.41, 5.74) is 8.53. The molecule has 2 aromatic heterocycles. The molecule has 0 unspecified atom stereocenters. The third-order valence-electron chi connectivity index (χ3n) is 4.55. The van der Waals surface area contributed by atoms with E-state index in [4.69, 9.17) is 9.47 Å². The van der Waals surface area contributed by atoms with Gasteiger partial charge >= 0.3 is 0 Å². The quantitative estimate of drug-likeness (QED) is 0.476. The second kappa shape index (κ2) is 8.08. The molecule has 0 radical (unpaired) electrons. The lowest BCUT2D eigenvalue weighted by Crippen LogP contribution is -2.30. The molecule has 0 aliphatic rings. The molecule has 2 aromatic carbocycles. The van der Waals surface area contributed by atoms with Crippen molar-refractivity contribution < 1.29 is 14.3 Å². The van der Waals surface area contributed by atoms with Crippen LogP contribution in [0.1, 0.15) is 15.9 Å². The van der Waals surface area contributed by atoms with E-state index in [-0.39, 0.29) is 5.91 Å². The van der Waals surface area contributed by atoms with Gasteiger partial charge in [0.2, 0.25) is 0 Å². The third kappa shape index (κ3) is 3.60. The highest BCUT2D eigenvalue weighted by Crippen LogP contribution is 2.27. The number of aryl methyl sites for hydroxylation is 1. The number of ether oxygens (including phenoxy) is 2. The van der Waals surface area contributed by atoms with Crippen molar-refractivity contribution in [3.63, 3.8) is 0 Å². The first kappa shape index (κ1) is 19.2. The van der Waals surface area contributed by atoms with Crippen LogP contribution in [-0.2, 0) is 0 Å². The molecule has 0 fully saturated rings. The maximum Gasteiger partial charge on any atom is 0.269 e. The Morgan fingerprint density at radius 3 is 2.63 bits per heavy atom. The Morgan fingerprint density at radius 2 is 1.87 bits per heavy atom. The molecule has 0 aliphatic carbocycles. The van der Waals surface area contributed by atoms with E-state index >= 15 is 0 Å². The molecular formula is C21H20N6O3. The van der Waals surface area contributed by atoms with Gasteiger partial charge in [-0.3, -0.25) is 15.6 Å². The van der Waals surface area contributed by atoms with Crippen LogP contribution < -0.4 is 20.3 Å². The van der Waals surface area contributed by atoms with Gasteiger partial charge in [-0.15, -0.1) is 0 Å². The third-order valence-corrected chi connectivity index (χ3v) is 4.55. The van der Waals surface area contributed by atoms with Gasteiger partial charge in [0.15, 0.2) is 23.0 Å². The number of fused-ring (bicyclic) bond motifs is 1. The zero-order valence-corrected chi connectivity index (χ0v) is 16.7. The lowest BCUT2D eigenvalue weighted by Gasteiger charge is -2.11. The van der Waals surface area contributed by atoms with Crippen LogP contribution in [0.3, 0.4) is 0 Å². The van der Waals surface area contributed by atoms with E-state index in [0.29, 0.717) is 33.9 Å². The molecule has 30 heavy (non-hydrogen) atoms. The Bertz CT molecular complexity index is 1220. The summed E-state index contributed by atoms with van der Waals surface area (Å²) < 4.78 is 12.2. The van der Waals surface area contributed by atoms with Gasteiger partial charge < -0.3 is 9.47 Å². The summed E-state index contributed by atoms with van der Waals surface area (Å²) in [6.07, 6.45) is 3.07. The van der Waals surface area contributed by atoms with Crippen molar-refractivity contribution in [1.82, 2.24) is 25.2 Å². The molecule has 152 valence electrons. The summed E-state index contributed by atoms with van der Waals surface area (Å²) in [6.45, 7) is 2.01. The summed E-state index contributed by atoms with van der Waals surface area (Å²) in [4.78, 5) is 21.1. The highest BCUT2D eigenvalue weighted by Gasteiger charge is 2.14. The van der Waals surface area contributed by atoms with Crippen LogP contribution in [0.15, 0.2) is 55.0 Å². The predicted octanol–water partition coefficient (Wildman–Crippen LogP) is 2.90. The number of rotatable bonds is 6. The Morgan fingerprint density at radius 1 is 1.03 bits per heavy atom. The number of carbonyl (C=O) groups excluding carboxylic acids is 1. The van der Waals surface area contributed by atoms with E-state index in [0.717, 1.165) is 11.3 Å². The highest BCUT2D eigenvalue weighted by molar-refractivity contribution is 5.96. The predicted molar refractivity (Wildman–Crippen MR) is 112 cm³/mol. The number of hydrogen-bond acceptors (Lipinski definition) is 7. The average Bonchev–Trinajstić information content (AvgIpc) is 3.21. The Hall–Kier alpha value is -4.14. The van der Waals surface area contributed by atoms with Crippen molar-refractivity contribution >= 4 is 22.8 Å². The van der Waals surface area contributed by atoms with Gasteiger partial charge in [0, 0.05) is 5.56 Å². The second-order valence-electron chi connectivity index (χ2n) is 6.50. The summed E-state index contributed by atoms with van der Waals surface area (Å²) in [5, 5.41) is 5.10. The number of methoxy groups -OCH3 is 2. The van der Waals surface area contributed by atoms with E-state index < -0.39 is 0 Å². The minimum atomic E-state index is -0.353. The highest BCUT2D eigenvalue weighted by atomic mass is 16.5. The molecule has 0 spiro atoms. The van der Waals surface area contributed by atoms with Crippen molar-refractivity contribution in [3.05, 3.63) is 66.1 Å². The maximum absolute atomic E-state index is 12.6. The van der Waals surface area contributed by atoms with Crippen LogP contribution in [0.25, 0.3) is 16.7 Å². The minimum absolute atomic E-state index is 0.353. The number of aromatic nitrogens is 4. The van der Waals surface area contributed by atoms with Crippen LogP contribution in [-0.4, -0.2) is 39.9 Å². The topological polar surface area (TPSA) is 103 Å². The lowest BCUT2D eigenvalue weighted by atomic mass is 10.2. The molecule has 2 heterocycles. The number of nitrogens with one attached hydrogen (secondary N) is 2. The van der Waals surface area contributed by atoms with E-state index in [1.54, 1.807) is 29.1 Å². The standard InChI is InChI=1S/C21H20N6O3/c1-13-5-4-6-15(9-13)27-20-16(11-24-27)19(22-12-23-20)25-26-21(28)14-7-8-17(29-2)18(10-14)30-3/h4-12H,1-3H3,(H,26,28)(H,22,23,25). The molecule has 4 aromatic rings. The fourth-order valence-corrected chi connectivity index (χ4v) is 3.06. The fraction of sp³-hybridized carbons (Fsp3) is 0.143. The van der Waals surface area contributed by atoms with E-state index in [1.807, 2.05) is 31.2 Å². The van der Waals surface area contributed by atoms with Crippen LogP contribution >= 0.6 is 0 Å². The van der Waals surface area contributed by atoms with Gasteiger partial charge in [-0.2, -0.15) is 5.10 Å². The zero-order chi connectivity index (χ0) is 21.1. The summed E-state index contributed by atoms with van der Waals surface area (Å²) in [5.74, 6) is 1.10. The molecule has 0 saturated carbocycles. The van der Waals surface area contributed by atoms with Crippen molar-refractivity contribution in [2.75, 3.05) is 19.6 Å². The molecule has 0 bridgehead atoms. The van der Waals surface area contributed by atoms with Gasteiger partial charge in [0.05, 0.1) is 31.5 Å². The molecule has 9 nitrogen and oxygen atoms in total. The molecule has 0 atom stereocenters. The normalized spacial score (nSPS) is 10.6. The zero-order valence-electron chi connectivity index (χ0n) is 16.7. The molecule has 9 heteroatoms. The Kier molecular flexibility index (Phi) is 5.17. The van der Waals surface area contributed by atoms with Crippen molar-refractivity contribution in [2.24, 2.45) is 0 Å². The number of nitrogens with zero attached hydrogens (tertiary/aromatic N) is 4. The largest absolute Gasteiger partial charge is 0.493 e. The summed E-state index contributed by atoms with van der Waals surface area (Å²) in [7, 11) is 3.05. The Labute approximate surface area is 172 Å². The monoisotopic (exact) mass is 404 g/mol. The first-order chi connectivity index (χ1) is 14.6. The summed E-state index contributed by atoms with van der Waals surface area (Å²) >= 11 is 0. The molecule has 2 N–H and O–H groups in total. The van der Waals surface area contributed by atoms with Gasteiger partial charge in [0.25, 0.3) is 5.91 Å². The number of hydrazine groups is 1.